The second kappa shape index (κ2) is 4.19. The fourth-order valence-corrected chi connectivity index (χ4v) is 2.00. The lowest BCUT2D eigenvalue weighted by atomic mass is 9.97. The highest BCUT2D eigenvalue weighted by atomic mass is 16.4. The fourth-order valence-electron chi connectivity index (χ4n) is 2.00. The van der Waals surface area contributed by atoms with Gasteiger partial charge in [-0.15, -0.1) is 0 Å². The van der Waals surface area contributed by atoms with Crippen molar-refractivity contribution in [3.63, 3.8) is 0 Å². The van der Waals surface area contributed by atoms with E-state index >= 15 is 0 Å². The molecule has 1 aromatic carbocycles. The van der Waals surface area contributed by atoms with Gasteiger partial charge in [0.25, 0.3) is 0 Å². The first-order valence-electron chi connectivity index (χ1n) is 6.37. The predicted molar refractivity (Wildman–Crippen MR) is 75.9 cm³/mol. The molecule has 0 fully saturated rings. The quantitative estimate of drug-likeness (QED) is 0.652. The lowest BCUT2D eigenvalue weighted by Gasteiger charge is -2.11. The molecule has 0 aliphatic rings. The summed E-state index contributed by atoms with van der Waals surface area (Å²) in [4.78, 5) is 8.90. The summed E-state index contributed by atoms with van der Waals surface area (Å²) in [7, 11) is 0. The van der Waals surface area contributed by atoms with E-state index in [0.717, 1.165) is 22.5 Å². The van der Waals surface area contributed by atoms with Crippen LogP contribution in [0.1, 0.15) is 26.7 Å². The Balaban J connectivity index is 2.24. The standard InChI is InChI=1S/C16H16N2O/c1-16(2,3)15-18-13-12(9-10-17-14(13)19-15)11-7-5-4-6-8-11/h4-10H,1-3H3. The Labute approximate surface area is 112 Å². The van der Waals surface area contributed by atoms with Crippen LogP contribution >= 0.6 is 0 Å². The normalized spacial score (nSPS) is 11.9. The Bertz CT molecular complexity index is 708. The van der Waals surface area contributed by atoms with Crippen LogP contribution < -0.4 is 0 Å². The van der Waals surface area contributed by atoms with E-state index < -0.39 is 0 Å². The van der Waals surface area contributed by atoms with Crippen LogP contribution in [-0.2, 0) is 5.41 Å². The number of pyridine rings is 1. The molecule has 96 valence electrons. The highest BCUT2D eigenvalue weighted by molar-refractivity contribution is 5.88. The van der Waals surface area contributed by atoms with Gasteiger partial charge in [0.2, 0.25) is 11.6 Å². The number of fused-ring (bicyclic) bond motifs is 1. The van der Waals surface area contributed by atoms with Gasteiger partial charge in [-0.1, -0.05) is 51.1 Å². The van der Waals surface area contributed by atoms with Crippen LogP contribution in [0.3, 0.4) is 0 Å². The molecule has 3 heteroatoms. The summed E-state index contributed by atoms with van der Waals surface area (Å²) < 4.78 is 5.77. The van der Waals surface area contributed by atoms with E-state index in [0.29, 0.717) is 5.71 Å². The third-order valence-corrected chi connectivity index (χ3v) is 3.02. The topological polar surface area (TPSA) is 38.9 Å². The molecule has 0 amide bonds. The second-order valence-corrected chi connectivity index (χ2v) is 5.65. The van der Waals surface area contributed by atoms with Crippen molar-refractivity contribution in [1.29, 1.82) is 0 Å². The number of hydrogen-bond acceptors (Lipinski definition) is 3. The zero-order valence-electron chi connectivity index (χ0n) is 11.3. The molecule has 0 saturated carbocycles. The van der Waals surface area contributed by atoms with Gasteiger partial charge in [0, 0.05) is 17.2 Å². The van der Waals surface area contributed by atoms with Gasteiger partial charge >= 0.3 is 0 Å². The maximum atomic E-state index is 5.77. The second-order valence-electron chi connectivity index (χ2n) is 5.65. The largest absolute Gasteiger partial charge is 0.422 e. The number of oxazole rings is 1. The summed E-state index contributed by atoms with van der Waals surface area (Å²) >= 11 is 0. The summed E-state index contributed by atoms with van der Waals surface area (Å²) in [5.41, 5.74) is 3.51. The highest BCUT2D eigenvalue weighted by Crippen LogP contribution is 2.30. The maximum absolute atomic E-state index is 5.77. The van der Waals surface area contributed by atoms with E-state index in [2.05, 4.69) is 42.9 Å². The van der Waals surface area contributed by atoms with Crippen LogP contribution in [0.5, 0.6) is 0 Å². The van der Waals surface area contributed by atoms with Crippen molar-refractivity contribution in [2.24, 2.45) is 0 Å². The SMILES string of the molecule is CC(C)(C)c1nc2c(-c3ccccc3)ccnc2o1. The van der Waals surface area contributed by atoms with Crippen molar-refractivity contribution in [3.05, 3.63) is 48.5 Å². The van der Waals surface area contributed by atoms with Crippen LogP contribution in [-0.4, -0.2) is 9.97 Å². The fraction of sp³-hybridized carbons (Fsp3) is 0.250. The zero-order valence-corrected chi connectivity index (χ0v) is 11.3. The van der Waals surface area contributed by atoms with Crippen molar-refractivity contribution < 1.29 is 4.42 Å². The van der Waals surface area contributed by atoms with Gasteiger partial charge in [-0.05, 0) is 11.6 Å². The highest BCUT2D eigenvalue weighted by Gasteiger charge is 2.22. The Morgan fingerprint density at radius 2 is 1.74 bits per heavy atom. The first-order valence-corrected chi connectivity index (χ1v) is 6.37. The lowest BCUT2D eigenvalue weighted by molar-refractivity contribution is 0.407. The van der Waals surface area contributed by atoms with Gasteiger partial charge in [-0.25, -0.2) is 9.97 Å². The van der Waals surface area contributed by atoms with Crippen molar-refractivity contribution >= 4 is 11.2 Å². The lowest BCUT2D eigenvalue weighted by Crippen LogP contribution is -2.11. The maximum Gasteiger partial charge on any atom is 0.247 e. The van der Waals surface area contributed by atoms with Gasteiger partial charge in [0.1, 0.15) is 5.52 Å². The number of nitrogens with zero attached hydrogens (tertiary/aromatic N) is 2. The number of benzene rings is 1. The molecule has 0 spiro atoms. The van der Waals surface area contributed by atoms with Gasteiger partial charge in [0.05, 0.1) is 0 Å². The average molecular weight is 252 g/mol. The van der Waals surface area contributed by atoms with Gasteiger partial charge in [-0.3, -0.25) is 0 Å². The average Bonchev–Trinajstić information content (AvgIpc) is 2.83. The Kier molecular flexibility index (Phi) is 2.63. The molecular formula is C16H16N2O. The summed E-state index contributed by atoms with van der Waals surface area (Å²) in [5, 5.41) is 0. The molecule has 2 aromatic heterocycles. The summed E-state index contributed by atoms with van der Waals surface area (Å²) in [6, 6.07) is 12.2. The Morgan fingerprint density at radius 3 is 2.42 bits per heavy atom. The molecule has 0 bridgehead atoms. The van der Waals surface area contributed by atoms with E-state index in [1.165, 1.54) is 0 Å². The van der Waals surface area contributed by atoms with Crippen molar-refractivity contribution in [2.45, 2.75) is 26.2 Å². The van der Waals surface area contributed by atoms with Crippen molar-refractivity contribution in [2.75, 3.05) is 0 Å². The molecule has 19 heavy (non-hydrogen) atoms. The molecule has 0 atom stereocenters. The Hall–Kier alpha value is -2.16. The Morgan fingerprint density at radius 1 is 1.00 bits per heavy atom. The van der Waals surface area contributed by atoms with Crippen LogP contribution in [0, 0.1) is 0 Å². The number of rotatable bonds is 1. The van der Waals surface area contributed by atoms with E-state index in [1.807, 2.05) is 24.3 Å². The number of hydrogen-bond donors (Lipinski definition) is 0. The molecule has 3 aromatic rings. The minimum atomic E-state index is -0.116. The van der Waals surface area contributed by atoms with Gasteiger partial charge < -0.3 is 4.42 Å². The molecule has 0 aliphatic carbocycles. The summed E-state index contributed by atoms with van der Waals surface area (Å²) in [5.74, 6) is 0.721. The first kappa shape index (κ1) is 11.9. The molecule has 0 aliphatic heterocycles. The molecule has 0 radical (unpaired) electrons. The predicted octanol–water partition coefficient (Wildman–Crippen LogP) is 4.19. The van der Waals surface area contributed by atoms with Crippen LogP contribution in [0.2, 0.25) is 0 Å². The minimum Gasteiger partial charge on any atom is -0.422 e. The van der Waals surface area contributed by atoms with Gasteiger partial charge in [-0.2, -0.15) is 0 Å². The van der Waals surface area contributed by atoms with E-state index in [4.69, 9.17) is 4.42 Å². The van der Waals surface area contributed by atoms with Crippen molar-refractivity contribution in [1.82, 2.24) is 9.97 Å². The van der Waals surface area contributed by atoms with Crippen LogP contribution in [0.25, 0.3) is 22.4 Å². The molecule has 3 nitrogen and oxygen atoms in total. The van der Waals surface area contributed by atoms with Crippen LogP contribution in [0.15, 0.2) is 47.0 Å². The van der Waals surface area contributed by atoms with Crippen molar-refractivity contribution in [3.8, 4) is 11.1 Å². The van der Waals surface area contributed by atoms with Crippen LogP contribution in [0.4, 0.5) is 0 Å². The monoisotopic (exact) mass is 252 g/mol. The molecule has 3 rings (SSSR count). The molecule has 0 unspecified atom stereocenters. The minimum absolute atomic E-state index is 0.116. The molecule has 2 heterocycles. The zero-order chi connectivity index (χ0) is 13.5. The summed E-state index contributed by atoms with van der Waals surface area (Å²) in [6.45, 7) is 6.25. The summed E-state index contributed by atoms with van der Waals surface area (Å²) in [6.07, 6.45) is 1.77. The number of aromatic nitrogens is 2. The third-order valence-electron chi connectivity index (χ3n) is 3.02. The third kappa shape index (κ3) is 2.12. The molecular weight excluding hydrogens is 236 g/mol. The van der Waals surface area contributed by atoms with E-state index in [1.54, 1.807) is 6.20 Å². The van der Waals surface area contributed by atoms with Gasteiger partial charge in [0.15, 0.2) is 0 Å². The smallest absolute Gasteiger partial charge is 0.247 e. The first-order chi connectivity index (χ1) is 9.05. The van der Waals surface area contributed by atoms with E-state index in [-0.39, 0.29) is 5.41 Å². The molecule has 0 saturated heterocycles. The molecule has 0 N–H and O–H groups in total. The van der Waals surface area contributed by atoms with E-state index in [9.17, 15) is 0 Å².